The fraction of sp³-hybridized carbons (Fsp3) is 0.278. The van der Waals surface area contributed by atoms with Gasteiger partial charge in [0.15, 0.2) is 0 Å². The Balaban J connectivity index is 1.27. The van der Waals surface area contributed by atoms with Crippen molar-refractivity contribution < 1.29 is 9.59 Å². The largest absolute Gasteiger partial charge is 0.371 e. The molecule has 0 spiro atoms. The number of hydrogen-bond donors (Lipinski definition) is 3. The minimum absolute atomic E-state index is 0.133. The monoisotopic (exact) mass is 560 g/mol. The fourth-order valence-corrected chi connectivity index (χ4v) is 5.57. The van der Waals surface area contributed by atoms with Crippen molar-refractivity contribution in [2.45, 2.75) is 39.0 Å². The minimum atomic E-state index is -0.343. The predicted molar refractivity (Wildman–Crippen MR) is 172 cm³/mol. The molecule has 0 atom stereocenters. The molecule has 42 heavy (non-hydrogen) atoms. The number of carbonyl (C=O) groups excluding carboxylic acids is 2. The van der Waals surface area contributed by atoms with Crippen LogP contribution >= 0.6 is 0 Å². The number of nitrogens with zero attached hydrogens (tertiary/aromatic N) is 1. The summed E-state index contributed by atoms with van der Waals surface area (Å²) in [6.45, 7) is 4.42. The van der Waals surface area contributed by atoms with Gasteiger partial charge >= 0.3 is 6.03 Å². The topological polar surface area (TPSA) is 73.5 Å². The van der Waals surface area contributed by atoms with Crippen LogP contribution in [0.1, 0.15) is 46.8 Å². The van der Waals surface area contributed by atoms with Gasteiger partial charge in [0.05, 0.1) is 5.56 Å². The van der Waals surface area contributed by atoms with Gasteiger partial charge in [-0.3, -0.25) is 4.79 Å². The van der Waals surface area contributed by atoms with Gasteiger partial charge in [-0.25, -0.2) is 4.79 Å². The van der Waals surface area contributed by atoms with Gasteiger partial charge in [-0.05, 0) is 85.0 Å². The lowest BCUT2D eigenvalue weighted by Gasteiger charge is -2.35. The van der Waals surface area contributed by atoms with Crippen LogP contribution in [0.25, 0.3) is 0 Å². The SMILES string of the molecule is CCc1ccc(NC(=O)Nc2ccc(N3CCC(Cc4ccccc4)CC3)c(C(=O)NCCc3ccccc3)c2)cc1. The van der Waals surface area contributed by atoms with Crippen LogP contribution in [0.3, 0.4) is 0 Å². The van der Waals surface area contributed by atoms with E-state index in [9.17, 15) is 9.59 Å². The van der Waals surface area contributed by atoms with E-state index >= 15 is 0 Å². The number of piperidine rings is 1. The Morgan fingerprint density at radius 1 is 0.738 bits per heavy atom. The maximum atomic E-state index is 13.5. The number of benzene rings is 4. The Bertz CT molecular complexity index is 1450. The second-order valence-corrected chi connectivity index (χ2v) is 11.0. The molecule has 3 N–H and O–H groups in total. The van der Waals surface area contributed by atoms with E-state index < -0.39 is 0 Å². The number of aryl methyl sites for hydroxylation is 1. The second-order valence-electron chi connectivity index (χ2n) is 11.0. The lowest BCUT2D eigenvalue weighted by Crippen LogP contribution is -2.36. The summed E-state index contributed by atoms with van der Waals surface area (Å²) in [4.78, 5) is 28.6. The molecule has 0 radical (unpaired) electrons. The zero-order valence-electron chi connectivity index (χ0n) is 24.3. The van der Waals surface area contributed by atoms with Crippen LogP contribution in [0.2, 0.25) is 0 Å². The highest BCUT2D eigenvalue weighted by Crippen LogP contribution is 2.30. The zero-order valence-corrected chi connectivity index (χ0v) is 24.3. The van der Waals surface area contributed by atoms with Crippen molar-refractivity contribution in [2.24, 2.45) is 5.92 Å². The summed E-state index contributed by atoms with van der Waals surface area (Å²) < 4.78 is 0. The summed E-state index contributed by atoms with van der Waals surface area (Å²) in [5.41, 5.74) is 6.55. The van der Waals surface area contributed by atoms with Crippen LogP contribution in [0.4, 0.5) is 21.9 Å². The first kappa shape index (κ1) is 28.9. The Morgan fingerprint density at radius 3 is 2.02 bits per heavy atom. The molecule has 4 aromatic carbocycles. The van der Waals surface area contributed by atoms with Crippen molar-refractivity contribution in [2.75, 3.05) is 35.2 Å². The number of nitrogens with one attached hydrogen (secondary N) is 3. The van der Waals surface area contributed by atoms with E-state index in [2.05, 4.69) is 70.2 Å². The standard InChI is InChI=1S/C36H40N4O2/c1-2-27-13-15-31(16-14-27)38-36(42)39-32-17-18-34(33(26-32)35(41)37-22-19-28-9-5-3-6-10-28)40-23-20-30(21-24-40)25-29-11-7-4-8-12-29/h3-18,26,30H,2,19-25H2,1H3,(H,37,41)(H2,38,39,42). The maximum Gasteiger partial charge on any atom is 0.323 e. The molecule has 1 aliphatic rings. The predicted octanol–water partition coefficient (Wildman–Crippen LogP) is 7.32. The van der Waals surface area contributed by atoms with E-state index in [1.807, 2.05) is 54.6 Å². The first-order valence-electron chi connectivity index (χ1n) is 15.0. The van der Waals surface area contributed by atoms with Crippen LogP contribution in [0, 0.1) is 5.92 Å². The molecular formula is C36H40N4O2. The molecule has 1 saturated heterocycles. The molecule has 6 nitrogen and oxygen atoms in total. The minimum Gasteiger partial charge on any atom is -0.371 e. The highest BCUT2D eigenvalue weighted by atomic mass is 16.2. The quantitative estimate of drug-likeness (QED) is 0.190. The van der Waals surface area contributed by atoms with E-state index in [4.69, 9.17) is 0 Å². The molecule has 1 heterocycles. The number of urea groups is 1. The summed E-state index contributed by atoms with van der Waals surface area (Å²) in [5, 5.41) is 8.90. The number of carbonyl (C=O) groups is 2. The van der Waals surface area contributed by atoms with Gasteiger partial charge < -0.3 is 20.9 Å². The van der Waals surface area contributed by atoms with Crippen LogP contribution in [-0.4, -0.2) is 31.6 Å². The third-order valence-electron chi connectivity index (χ3n) is 7.98. The molecule has 5 rings (SSSR count). The molecular weight excluding hydrogens is 520 g/mol. The van der Waals surface area contributed by atoms with Crippen molar-refractivity contribution in [3.05, 3.63) is 125 Å². The molecule has 1 fully saturated rings. The van der Waals surface area contributed by atoms with E-state index in [0.29, 0.717) is 23.7 Å². The van der Waals surface area contributed by atoms with Crippen LogP contribution in [0.5, 0.6) is 0 Å². The van der Waals surface area contributed by atoms with E-state index in [-0.39, 0.29) is 11.9 Å². The molecule has 0 aliphatic carbocycles. The van der Waals surface area contributed by atoms with Crippen LogP contribution < -0.4 is 20.9 Å². The van der Waals surface area contributed by atoms with Crippen LogP contribution in [-0.2, 0) is 19.3 Å². The third-order valence-corrected chi connectivity index (χ3v) is 7.98. The second kappa shape index (κ2) is 14.4. The van der Waals surface area contributed by atoms with Gasteiger partial charge in [0.25, 0.3) is 5.91 Å². The molecule has 0 unspecified atom stereocenters. The normalized spacial score (nSPS) is 13.4. The van der Waals surface area contributed by atoms with Crippen molar-refractivity contribution >= 4 is 29.0 Å². The van der Waals surface area contributed by atoms with Crippen LogP contribution in [0.15, 0.2) is 103 Å². The first-order valence-corrected chi connectivity index (χ1v) is 15.0. The average Bonchev–Trinajstić information content (AvgIpc) is 3.03. The molecule has 4 aromatic rings. The Hall–Kier alpha value is -4.58. The number of anilines is 3. The van der Waals surface area contributed by atoms with Gasteiger partial charge in [-0.2, -0.15) is 0 Å². The van der Waals surface area contributed by atoms with Gasteiger partial charge in [-0.15, -0.1) is 0 Å². The maximum absolute atomic E-state index is 13.5. The smallest absolute Gasteiger partial charge is 0.323 e. The summed E-state index contributed by atoms with van der Waals surface area (Å²) in [7, 11) is 0. The van der Waals surface area contributed by atoms with Gasteiger partial charge in [-0.1, -0.05) is 79.7 Å². The summed E-state index contributed by atoms with van der Waals surface area (Å²) in [5.74, 6) is 0.495. The molecule has 216 valence electrons. The van der Waals surface area contributed by atoms with Crippen molar-refractivity contribution in [1.82, 2.24) is 5.32 Å². The van der Waals surface area contributed by atoms with E-state index in [1.54, 1.807) is 6.07 Å². The lowest BCUT2D eigenvalue weighted by molar-refractivity contribution is 0.0954. The number of rotatable bonds is 10. The first-order chi connectivity index (χ1) is 20.6. The number of amides is 3. The molecule has 6 heteroatoms. The van der Waals surface area contributed by atoms with Crippen molar-refractivity contribution in [3.8, 4) is 0 Å². The third kappa shape index (κ3) is 8.00. The van der Waals surface area contributed by atoms with Crippen molar-refractivity contribution in [1.29, 1.82) is 0 Å². The van der Waals surface area contributed by atoms with E-state index in [1.165, 1.54) is 16.7 Å². The highest BCUT2D eigenvalue weighted by molar-refractivity contribution is 6.04. The molecule has 0 saturated carbocycles. The fourth-order valence-electron chi connectivity index (χ4n) is 5.57. The average molecular weight is 561 g/mol. The summed E-state index contributed by atoms with van der Waals surface area (Å²) in [6, 6.07) is 33.9. The molecule has 0 bridgehead atoms. The van der Waals surface area contributed by atoms with Gasteiger partial charge in [0, 0.05) is 36.7 Å². The molecule has 3 amide bonds. The zero-order chi connectivity index (χ0) is 29.1. The molecule has 1 aliphatic heterocycles. The van der Waals surface area contributed by atoms with E-state index in [0.717, 1.165) is 56.6 Å². The van der Waals surface area contributed by atoms with Crippen molar-refractivity contribution in [3.63, 3.8) is 0 Å². The van der Waals surface area contributed by atoms with Gasteiger partial charge in [0.1, 0.15) is 0 Å². The summed E-state index contributed by atoms with van der Waals surface area (Å²) >= 11 is 0. The Kier molecular flexibility index (Phi) is 9.89. The Morgan fingerprint density at radius 2 is 1.36 bits per heavy atom. The van der Waals surface area contributed by atoms with Gasteiger partial charge in [0.2, 0.25) is 0 Å². The number of hydrogen-bond acceptors (Lipinski definition) is 3. The molecule has 0 aromatic heterocycles. The highest BCUT2D eigenvalue weighted by Gasteiger charge is 2.24. The Labute approximate surface area is 249 Å². The summed E-state index contributed by atoms with van der Waals surface area (Å²) in [6.07, 6.45) is 4.93. The lowest BCUT2D eigenvalue weighted by atomic mass is 9.89.